The second kappa shape index (κ2) is 14.9. The molecule has 3 aromatic carbocycles. The number of rotatable bonds is 13. The van der Waals surface area contributed by atoms with Crippen LogP contribution in [0.5, 0.6) is 0 Å². The van der Waals surface area contributed by atoms with E-state index in [4.69, 9.17) is 26.8 Å². The molecule has 0 unspecified atom stereocenters. The van der Waals surface area contributed by atoms with E-state index in [-0.39, 0.29) is 35.3 Å². The van der Waals surface area contributed by atoms with Crippen molar-refractivity contribution in [3.8, 4) is 22.5 Å². The summed E-state index contributed by atoms with van der Waals surface area (Å²) in [5, 5.41) is 39.0. The number of tetrazole rings is 1. The molecule has 2 heterocycles. The van der Waals surface area contributed by atoms with Crippen LogP contribution in [0.2, 0.25) is 5.15 Å². The van der Waals surface area contributed by atoms with Gasteiger partial charge in [0.15, 0.2) is 10.8 Å². The number of aromatic carboxylic acids is 1. The lowest BCUT2D eigenvalue weighted by molar-refractivity contribution is -0.497. The maximum atomic E-state index is 12.7. The molecule has 14 nitrogen and oxygen atoms in total. The van der Waals surface area contributed by atoms with Gasteiger partial charge in [0, 0.05) is 18.5 Å². The molecule has 5 aromatic rings. The first-order chi connectivity index (χ1) is 22.2. The standard InChI is InChI=1S/C31H30ClN7O7/c1-2-3-11-26-33-28(32)27(30(40)41)37(26)17-20-12-14-23(15-13-20)24-9-4-5-10-25(24)29-34-36-38(35-29)31(42)45-18-21-7-6-8-22(16-21)19-46-39(43)44/h4-10,12-16,43-44H,2-3,11,17-19H2,1H3,(H,40,41). The summed E-state index contributed by atoms with van der Waals surface area (Å²) in [6.07, 6.45) is 1.58. The number of imidazole rings is 1. The van der Waals surface area contributed by atoms with Gasteiger partial charge in [-0.2, -0.15) is 0 Å². The number of halogens is 1. The molecule has 0 atom stereocenters. The summed E-state index contributed by atoms with van der Waals surface area (Å²) in [6.45, 7) is 2.16. The summed E-state index contributed by atoms with van der Waals surface area (Å²) < 4.78 is 6.98. The third kappa shape index (κ3) is 7.80. The Hall–Kier alpha value is -4.99. The number of unbranched alkanes of at least 4 members (excludes halogenated alkanes) is 1. The Morgan fingerprint density at radius 1 is 0.935 bits per heavy atom. The third-order valence-electron chi connectivity index (χ3n) is 7.01. The Balaban J connectivity index is 1.30. The van der Waals surface area contributed by atoms with Crippen LogP contribution in [-0.2, 0) is 35.8 Å². The Kier molecular flexibility index (Phi) is 10.5. The van der Waals surface area contributed by atoms with E-state index < -0.39 is 12.1 Å². The molecule has 0 saturated carbocycles. The molecule has 3 N–H and O–H groups in total. The van der Waals surface area contributed by atoms with Crippen molar-refractivity contribution in [1.29, 1.82) is 0 Å². The van der Waals surface area contributed by atoms with E-state index in [1.807, 2.05) is 48.5 Å². The number of ether oxygens (including phenoxy) is 1. The quantitative estimate of drug-likeness (QED) is 0.134. The van der Waals surface area contributed by atoms with Crippen LogP contribution in [0.15, 0.2) is 72.8 Å². The summed E-state index contributed by atoms with van der Waals surface area (Å²) in [6, 6.07) is 21.9. The molecule has 46 heavy (non-hydrogen) atoms. The number of carboxylic acids is 1. The topological polar surface area (TPSA) is 178 Å². The molecule has 0 fully saturated rings. The fraction of sp³-hybridized carbons (Fsp3) is 0.226. The van der Waals surface area contributed by atoms with Crippen LogP contribution >= 0.6 is 11.6 Å². The van der Waals surface area contributed by atoms with Crippen molar-refractivity contribution >= 4 is 23.7 Å². The zero-order chi connectivity index (χ0) is 32.6. The maximum Gasteiger partial charge on any atom is 0.454 e. The van der Waals surface area contributed by atoms with Crippen LogP contribution in [0.25, 0.3) is 22.5 Å². The highest BCUT2D eigenvalue weighted by molar-refractivity contribution is 6.32. The van der Waals surface area contributed by atoms with E-state index in [0.717, 1.165) is 34.3 Å². The van der Waals surface area contributed by atoms with E-state index in [9.17, 15) is 14.7 Å². The fourth-order valence-corrected chi connectivity index (χ4v) is 5.09. The average Bonchev–Trinajstić information content (AvgIpc) is 3.67. The van der Waals surface area contributed by atoms with Gasteiger partial charge in [-0.3, -0.25) is 10.4 Å². The summed E-state index contributed by atoms with van der Waals surface area (Å²) >= 11 is 6.18. The molecule has 0 saturated heterocycles. The molecule has 0 bridgehead atoms. The van der Waals surface area contributed by atoms with Gasteiger partial charge >= 0.3 is 12.1 Å². The Morgan fingerprint density at radius 3 is 2.35 bits per heavy atom. The Bertz CT molecular complexity index is 1820. The molecule has 238 valence electrons. The summed E-state index contributed by atoms with van der Waals surface area (Å²) in [7, 11) is 0. The largest absolute Gasteiger partial charge is 0.476 e. The highest BCUT2D eigenvalue weighted by atomic mass is 35.5. The second-order valence-electron chi connectivity index (χ2n) is 10.2. The van der Waals surface area contributed by atoms with Crippen molar-refractivity contribution in [3.05, 3.63) is 106 Å². The van der Waals surface area contributed by atoms with Gasteiger partial charge in [0.1, 0.15) is 12.4 Å². The lowest BCUT2D eigenvalue weighted by atomic mass is 9.98. The molecule has 0 aliphatic rings. The first-order valence-corrected chi connectivity index (χ1v) is 14.6. The van der Waals surface area contributed by atoms with E-state index in [1.165, 1.54) is 0 Å². The number of carboxylic acid groups (broad SMARTS) is 1. The summed E-state index contributed by atoms with van der Waals surface area (Å²) in [4.78, 5) is 34.3. The van der Waals surface area contributed by atoms with Crippen molar-refractivity contribution < 1.29 is 34.7 Å². The van der Waals surface area contributed by atoms with Crippen LogP contribution in [0.3, 0.4) is 0 Å². The minimum atomic E-state index is -1.13. The first kappa shape index (κ1) is 32.4. The summed E-state index contributed by atoms with van der Waals surface area (Å²) in [5.74, 6) is -0.284. The van der Waals surface area contributed by atoms with Gasteiger partial charge in [0.2, 0.25) is 5.82 Å². The minimum absolute atomic E-state index is 0.0211. The van der Waals surface area contributed by atoms with Gasteiger partial charge in [-0.1, -0.05) is 103 Å². The molecule has 0 radical (unpaired) electrons. The predicted molar refractivity (Wildman–Crippen MR) is 163 cm³/mol. The number of benzene rings is 3. The van der Waals surface area contributed by atoms with E-state index in [1.54, 1.807) is 28.8 Å². The van der Waals surface area contributed by atoms with Crippen LogP contribution < -0.4 is 0 Å². The molecule has 0 amide bonds. The Morgan fingerprint density at radius 2 is 1.65 bits per heavy atom. The van der Waals surface area contributed by atoms with Crippen LogP contribution in [0.1, 0.15) is 52.8 Å². The molecular formula is C31H30ClN7O7. The van der Waals surface area contributed by atoms with E-state index in [0.29, 0.717) is 35.5 Å². The number of carbonyl (C=O) groups excluding carboxylic acids is 1. The molecule has 0 spiro atoms. The molecular weight excluding hydrogens is 618 g/mol. The fourth-order valence-electron chi connectivity index (χ4n) is 4.81. The SMILES string of the molecule is CCCCc1nc(Cl)c(C(=O)O)n1Cc1ccc(-c2ccccc2-c2nnn(C(=O)OCc3cccc(CON(O)O)c3)n2)cc1. The van der Waals surface area contributed by atoms with Crippen LogP contribution in [-0.4, -0.2) is 62.7 Å². The first-order valence-electron chi connectivity index (χ1n) is 14.3. The molecule has 5 rings (SSSR count). The number of hydrogen-bond acceptors (Lipinski definition) is 11. The maximum absolute atomic E-state index is 12.7. The molecule has 0 aliphatic heterocycles. The normalized spacial score (nSPS) is 11.2. The highest BCUT2D eigenvalue weighted by Crippen LogP contribution is 2.30. The van der Waals surface area contributed by atoms with Crippen LogP contribution in [0, 0.1) is 0 Å². The smallest absolute Gasteiger partial charge is 0.454 e. The highest BCUT2D eigenvalue weighted by Gasteiger charge is 2.22. The Labute approximate surface area is 267 Å². The van der Waals surface area contributed by atoms with Gasteiger partial charge in [0.05, 0.1) is 12.0 Å². The third-order valence-corrected chi connectivity index (χ3v) is 7.28. The number of aryl methyl sites for hydroxylation is 1. The molecule has 2 aromatic heterocycles. The van der Waals surface area contributed by atoms with Gasteiger partial charge in [-0.05, 0) is 39.5 Å². The van der Waals surface area contributed by atoms with Crippen molar-refractivity contribution in [2.24, 2.45) is 0 Å². The van der Waals surface area contributed by atoms with Crippen molar-refractivity contribution in [3.63, 3.8) is 0 Å². The van der Waals surface area contributed by atoms with Crippen molar-refractivity contribution in [1.82, 2.24) is 35.1 Å². The van der Waals surface area contributed by atoms with Crippen molar-refractivity contribution in [2.75, 3.05) is 0 Å². The van der Waals surface area contributed by atoms with Gasteiger partial charge in [-0.25, -0.2) is 19.4 Å². The lowest BCUT2D eigenvalue weighted by Gasteiger charge is -2.12. The predicted octanol–water partition coefficient (Wildman–Crippen LogP) is 5.64. The monoisotopic (exact) mass is 647 g/mol. The average molecular weight is 648 g/mol. The zero-order valence-electron chi connectivity index (χ0n) is 24.7. The number of carbonyl (C=O) groups is 2. The van der Waals surface area contributed by atoms with Gasteiger partial charge < -0.3 is 14.4 Å². The van der Waals surface area contributed by atoms with Crippen LogP contribution in [0.4, 0.5) is 4.79 Å². The minimum Gasteiger partial charge on any atom is -0.476 e. The van der Waals surface area contributed by atoms with Gasteiger partial charge in [0.25, 0.3) is 0 Å². The van der Waals surface area contributed by atoms with E-state index in [2.05, 4.69) is 32.2 Å². The van der Waals surface area contributed by atoms with Crippen molar-refractivity contribution in [2.45, 2.75) is 45.9 Å². The number of hydrogen-bond donors (Lipinski definition) is 3. The molecule has 0 aliphatic carbocycles. The summed E-state index contributed by atoms with van der Waals surface area (Å²) in [5.41, 5.74) is 4.38. The number of aromatic nitrogens is 6. The zero-order valence-corrected chi connectivity index (χ0v) is 25.4. The van der Waals surface area contributed by atoms with E-state index >= 15 is 0 Å². The number of nitrogens with zero attached hydrogens (tertiary/aromatic N) is 7. The second-order valence-corrected chi connectivity index (χ2v) is 10.6. The lowest BCUT2D eigenvalue weighted by Crippen LogP contribution is -2.17. The van der Waals surface area contributed by atoms with Gasteiger partial charge in [-0.15, -0.1) is 10.2 Å². The molecule has 15 heteroatoms.